The van der Waals surface area contributed by atoms with Crippen LogP contribution in [0.15, 0.2) is 41.2 Å². The molecule has 0 spiro atoms. The van der Waals surface area contributed by atoms with E-state index in [0.717, 1.165) is 29.9 Å². The van der Waals surface area contributed by atoms with Crippen molar-refractivity contribution in [1.82, 2.24) is 9.97 Å². The Morgan fingerprint density at radius 2 is 1.83 bits per heavy atom. The molecule has 0 amide bonds. The minimum atomic E-state index is -0.0502. The zero-order valence-electron chi connectivity index (χ0n) is 10.2. The molecule has 18 heavy (non-hydrogen) atoms. The zero-order chi connectivity index (χ0) is 12.4. The van der Waals surface area contributed by atoms with E-state index in [0.29, 0.717) is 5.92 Å². The molecule has 3 heteroatoms. The first-order valence-corrected chi connectivity index (χ1v) is 6.49. The van der Waals surface area contributed by atoms with Gasteiger partial charge < -0.3 is 4.98 Å². The molecule has 1 fully saturated rings. The summed E-state index contributed by atoms with van der Waals surface area (Å²) < 4.78 is 0. The van der Waals surface area contributed by atoms with Crippen molar-refractivity contribution < 1.29 is 0 Å². The maximum Gasteiger partial charge on any atom is 0.251 e. The molecule has 1 saturated carbocycles. The second-order valence-electron chi connectivity index (χ2n) is 4.86. The van der Waals surface area contributed by atoms with Crippen molar-refractivity contribution in [3.8, 4) is 11.3 Å². The number of rotatable bonds is 2. The maximum absolute atomic E-state index is 11.7. The molecule has 1 aromatic heterocycles. The van der Waals surface area contributed by atoms with Crippen molar-refractivity contribution in [3.05, 3.63) is 52.6 Å². The Morgan fingerprint density at radius 3 is 2.56 bits per heavy atom. The molecule has 92 valence electrons. The van der Waals surface area contributed by atoms with Crippen molar-refractivity contribution in [1.29, 1.82) is 0 Å². The second kappa shape index (κ2) is 4.77. The fourth-order valence-electron chi connectivity index (χ4n) is 2.63. The fourth-order valence-corrected chi connectivity index (χ4v) is 2.63. The van der Waals surface area contributed by atoms with Crippen LogP contribution in [0.4, 0.5) is 0 Å². The van der Waals surface area contributed by atoms with Crippen molar-refractivity contribution in [3.63, 3.8) is 0 Å². The molecule has 1 heterocycles. The summed E-state index contributed by atoms with van der Waals surface area (Å²) >= 11 is 0. The van der Waals surface area contributed by atoms with Crippen LogP contribution in [0.25, 0.3) is 11.3 Å². The number of hydrogen-bond acceptors (Lipinski definition) is 2. The minimum absolute atomic E-state index is 0.0502. The van der Waals surface area contributed by atoms with Gasteiger partial charge in [0.25, 0.3) is 5.56 Å². The highest BCUT2D eigenvalue weighted by atomic mass is 16.1. The molecule has 0 bridgehead atoms. The summed E-state index contributed by atoms with van der Waals surface area (Å²) in [4.78, 5) is 19.3. The third-order valence-corrected chi connectivity index (χ3v) is 3.57. The Hall–Kier alpha value is -1.90. The third-order valence-electron chi connectivity index (χ3n) is 3.57. The van der Waals surface area contributed by atoms with Crippen molar-refractivity contribution in [2.45, 2.75) is 31.6 Å². The molecule has 1 aromatic carbocycles. The smallest absolute Gasteiger partial charge is 0.251 e. The number of nitrogens with zero attached hydrogens (tertiary/aromatic N) is 1. The largest absolute Gasteiger partial charge is 0.310 e. The number of nitrogens with one attached hydrogen (secondary N) is 1. The summed E-state index contributed by atoms with van der Waals surface area (Å²) in [5.74, 6) is 1.29. The fraction of sp³-hybridized carbons (Fsp3) is 0.333. The summed E-state index contributed by atoms with van der Waals surface area (Å²) in [5.41, 5.74) is 1.73. The Bertz CT molecular complexity index is 583. The van der Waals surface area contributed by atoms with E-state index in [1.165, 1.54) is 12.8 Å². The zero-order valence-corrected chi connectivity index (χ0v) is 10.2. The predicted molar refractivity (Wildman–Crippen MR) is 71.5 cm³/mol. The molecule has 0 unspecified atom stereocenters. The van der Waals surface area contributed by atoms with Crippen LogP contribution >= 0.6 is 0 Å². The van der Waals surface area contributed by atoms with Crippen molar-refractivity contribution in [2.24, 2.45) is 0 Å². The highest BCUT2D eigenvalue weighted by Gasteiger charge is 2.19. The summed E-state index contributed by atoms with van der Waals surface area (Å²) in [7, 11) is 0. The highest BCUT2D eigenvalue weighted by molar-refractivity contribution is 5.58. The van der Waals surface area contributed by atoms with E-state index in [4.69, 9.17) is 0 Å². The lowest BCUT2D eigenvalue weighted by molar-refractivity contribution is 0.665. The third kappa shape index (κ3) is 2.21. The SMILES string of the molecule is O=c1cc(-c2ccccc2)nc(C2CCCC2)[nH]1. The Morgan fingerprint density at radius 1 is 1.11 bits per heavy atom. The van der Waals surface area contributed by atoms with Crippen LogP contribution in [0.5, 0.6) is 0 Å². The summed E-state index contributed by atoms with van der Waals surface area (Å²) in [6.45, 7) is 0. The second-order valence-corrected chi connectivity index (χ2v) is 4.86. The molecule has 3 nitrogen and oxygen atoms in total. The van der Waals surface area contributed by atoms with Gasteiger partial charge in [0.05, 0.1) is 5.69 Å². The van der Waals surface area contributed by atoms with Gasteiger partial charge in [0.2, 0.25) is 0 Å². The molecule has 1 aliphatic carbocycles. The van der Waals surface area contributed by atoms with Crippen molar-refractivity contribution in [2.75, 3.05) is 0 Å². The van der Waals surface area contributed by atoms with Crippen LogP contribution in [0.2, 0.25) is 0 Å². The van der Waals surface area contributed by atoms with Gasteiger partial charge >= 0.3 is 0 Å². The van der Waals surface area contributed by atoms with Gasteiger partial charge in [0.1, 0.15) is 5.82 Å². The molecule has 0 atom stereocenters. The Labute approximate surface area is 106 Å². The van der Waals surface area contributed by atoms with Gasteiger partial charge in [-0.25, -0.2) is 4.98 Å². The standard InChI is InChI=1S/C15H16N2O/c18-14-10-13(11-6-2-1-3-7-11)16-15(17-14)12-8-4-5-9-12/h1-3,6-7,10,12H,4-5,8-9H2,(H,16,17,18). The topological polar surface area (TPSA) is 45.8 Å². The van der Waals surface area contributed by atoms with Gasteiger partial charge in [-0.2, -0.15) is 0 Å². The average Bonchev–Trinajstić information content (AvgIpc) is 2.93. The van der Waals surface area contributed by atoms with Crippen LogP contribution in [0, 0.1) is 0 Å². The van der Waals surface area contributed by atoms with Gasteiger partial charge in [-0.1, -0.05) is 43.2 Å². The molecule has 2 aromatic rings. The van der Waals surface area contributed by atoms with Gasteiger partial charge in [0.15, 0.2) is 0 Å². The normalized spacial score (nSPS) is 16.0. The van der Waals surface area contributed by atoms with E-state index >= 15 is 0 Å². The van der Waals surface area contributed by atoms with E-state index < -0.39 is 0 Å². The molecular weight excluding hydrogens is 224 g/mol. The van der Waals surface area contributed by atoms with Crippen LogP contribution in [0.3, 0.4) is 0 Å². The number of aromatic nitrogens is 2. The van der Waals surface area contributed by atoms with Gasteiger partial charge in [0, 0.05) is 17.5 Å². The summed E-state index contributed by atoms with van der Waals surface area (Å²) in [5, 5.41) is 0. The average molecular weight is 240 g/mol. The monoisotopic (exact) mass is 240 g/mol. The Kier molecular flexibility index (Phi) is 2.97. The molecule has 1 aliphatic rings. The predicted octanol–water partition coefficient (Wildman–Crippen LogP) is 3.09. The Balaban J connectivity index is 2.03. The highest BCUT2D eigenvalue weighted by Crippen LogP contribution is 2.32. The van der Waals surface area contributed by atoms with Gasteiger partial charge in [-0.3, -0.25) is 4.79 Å². The van der Waals surface area contributed by atoms with E-state index in [2.05, 4.69) is 9.97 Å². The van der Waals surface area contributed by atoms with E-state index in [9.17, 15) is 4.79 Å². The number of hydrogen-bond donors (Lipinski definition) is 1. The van der Waals surface area contributed by atoms with Crippen molar-refractivity contribution >= 4 is 0 Å². The molecule has 3 rings (SSSR count). The summed E-state index contributed by atoms with van der Waals surface area (Å²) in [6.07, 6.45) is 4.76. The van der Waals surface area contributed by atoms with Crippen LogP contribution in [-0.2, 0) is 0 Å². The lowest BCUT2D eigenvalue weighted by Crippen LogP contribution is -2.13. The lowest BCUT2D eigenvalue weighted by Gasteiger charge is -2.09. The van der Waals surface area contributed by atoms with Crippen LogP contribution < -0.4 is 5.56 Å². The minimum Gasteiger partial charge on any atom is -0.310 e. The first-order valence-electron chi connectivity index (χ1n) is 6.49. The van der Waals surface area contributed by atoms with Gasteiger partial charge in [-0.15, -0.1) is 0 Å². The number of H-pyrrole nitrogens is 1. The first kappa shape index (κ1) is 11.2. The van der Waals surface area contributed by atoms with Crippen LogP contribution in [0.1, 0.15) is 37.4 Å². The van der Waals surface area contributed by atoms with E-state index in [1.54, 1.807) is 6.07 Å². The molecule has 0 aliphatic heterocycles. The lowest BCUT2D eigenvalue weighted by atomic mass is 10.1. The molecule has 0 saturated heterocycles. The number of aromatic amines is 1. The van der Waals surface area contributed by atoms with Gasteiger partial charge in [-0.05, 0) is 12.8 Å². The van der Waals surface area contributed by atoms with E-state index in [-0.39, 0.29) is 5.56 Å². The molecule has 0 radical (unpaired) electrons. The molecular formula is C15H16N2O. The van der Waals surface area contributed by atoms with E-state index in [1.807, 2.05) is 30.3 Å². The maximum atomic E-state index is 11.7. The first-order chi connectivity index (χ1) is 8.83. The quantitative estimate of drug-likeness (QED) is 0.876. The van der Waals surface area contributed by atoms with Crippen LogP contribution in [-0.4, -0.2) is 9.97 Å². The number of benzene rings is 1. The molecule has 1 N–H and O–H groups in total. The summed E-state index contributed by atoms with van der Waals surface area (Å²) in [6, 6.07) is 11.4.